The number of carbonyl (C=O) groups is 1. The monoisotopic (exact) mass is 398 g/mol. The molecule has 2 aromatic rings. The van der Waals surface area contributed by atoms with Crippen molar-refractivity contribution in [1.82, 2.24) is 19.5 Å². The summed E-state index contributed by atoms with van der Waals surface area (Å²) in [5, 5.41) is 31.5. The van der Waals surface area contributed by atoms with Gasteiger partial charge in [-0.1, -0.05) is 0 Å². The number of carboxylic acids is 1. The Kier molecular flexibility index (Phi) is 5.81. The Morgan fingerprint density at radius 1 is 1.41 bits per heavy atom. The first-order valence-corrected chi connectivity index (χ1v) is 10.3. The minimum Gasteiger partial charge on any atom is -0.548 e. The molecule has 0 spiro atoms. The van der Waals surface area contributed by atoms with Gasteiger partial charge in [0.2, 0.25) is 0 Å². The predicted octanol–water partition coefficient (Wildman–Crippen LogP) is -3.26. The van der Waals surface area contributed by atoms with Gasteiger partial charge in [0, 0.05) is 12.5 Å². The zero-order valence-corrected chi connectivity index (χ0v) is 15.5. The standard InChI is InChI=1S/C15H22N6O5S/c1-27(3-2-7(16)15(24)25)4-8-10(22)11(23)14(26-8)21-6-20-9-12(17)18-5-19-13(9)21/h5-8,10-11,14,22-23H,2-4,16H2,1H3,(H2-,17,18,19,24,25)/t7-,8+,10?,11-,14+,27?/m0/s1. The molecule has 6 atom stereocenters. The van der Waals surface area contributed by atoms with Gasteiger partial charge < -0.3 is 36.3 Å². The highest BCUT2D eigenvalue weighted by molar-refractivity contribution is 7.96. The number of carbonyl (C=O) groups excluding carboxylic acids is 1. The van der Waals surface area contributed by atoms with Gasteiger partial charge in [0.15, 0.2) is 17.7 Å². The Balaban J connectivity index is 1.68. The summed E-state index contributed by atoms with van der Waals surface area (Å²) in [7, 11) is -0.263. The van der Waals surface area contributed by atoms with Crippen LogP contribution in [0.2, 0.25) is 0 Å². The average molecular weight is 398 g/mol. The lowest BCUT2D eigenvalue weighted by molar-refractivity contribution is -0.307. The number of nitrogens with zero attached hydrogens (tertiary/aromatic N) is 4. The highest BCUT2D eigenvalue weighted by Crippen LogP contribution is 2.32. The molecule has 1 aliphatic heterocycles. The van der Waals surface area contributed by atoms with Crippen LogP contribution in [0.5, 0.6) is 0 Å². The van der Waals surface area contributed by atoms with Crippen molar-refractivity contribution >= 4 is 33.8 Å². The van der Waals surface area contributed by atoms with E-state index in [1.54, 1.807) is 0 Å². The van der Waals surface area contributed by atoms with E-state index < -0.39 is 36.6 Å². The maximum absolute atomic E-state index is 10.7. The second-order valence-corrected chi connectivity index (χ2v) is 8.80. The van der Waals surface area contributed by atoms with E-state index in [4.69, 9.17) is 16.2 Å². The average Bonchev–Trinajstić information content (AvgIpc) is 3.17. The Morgan fingerprint density at radius 3 is 2.85 bits per heavy atom. The number of hydrogen-bond donors (Lipinski definition) is 4. The van der Waals surface area contributed by atoms with E-state index in [-0.39, 0.29) is 23.1 Å². The predicted molar refractivity (Wildman–Crippen MR) is 96.3 cm³/mol. The van der Waals surface area contributed by atoms with Gasteiger partial charge in [-0.25, -0.2) is 15.0 Å². The normalized spacial score (nSPS) is 27.7. The molecular formula is C15H22N6O5S. The SMILES string of the molecule is C[S+](CC[C@H](N)C(=O)[O-])C[C@H]1O[C@@H](n2cnc3c(N)ncnc32)[C@@H](O)C1O. The Bertz CT molecular complexity index is 819. The van der Waals surface area contributed by atoms with Crippen LogP contribution in [0.25, 0.3) is 11.2 Å². The molecule has 11 nitrogen and oxygen atoms in total. The van der Waals surface area contributed by atoms with E-state index >= 15 is 0 Å². The van der Waals surface area contributed by atoms with Crippen molar-refractivity contribution in [3.63, 3.8) is 0 Å². The van der Waals surface area contributed by atoms with E-state index in [0.29, 0.717) is 22.7 Å². The lowest BCUT2D eigenvalue weighted by atomic mass is 10.1. The van der Waals surface area contributed by atoms with E-state index in [1.165, 1.54) is 17.2 Å². The van der Waals surface area contributed by atoms with Gasteiger partial charge in [-0.2, -0.15) is 0 Å². The van der Waals surface area contributed by atoms with Crippen molar-refractivity contribution in [3.8, 4) is 0 Å². The number of aromatic nitrogens is 4. The number of imidazole rings is 1. The molecule has 0 aliphatic carbocycles. The summed E-state index contributed by atoms with van der Waals surface area (Å²) in [5.41, 5.74) is 12.0. The van der Waals surface area contributed by atoms with Crippen molar-refractivity contribution in [2.24, 2.45) is 5.73 Å². The number of ether oxygens (including phenoxy) is 1. The third-order valence-corrected chi connectivity index (χ3v) is 6.36. The molecule has 1 fully saturated rings. The van der Waals surface area contributed by atoms with Crippen molar-refractivity contribution in [2.45, 2.75) is 37.0 Å². The summed E-state index contributed by atoms with van der Waals surface area (Å²) in [5.74, 6) is -0.0611. The van der Waals surface area contributed by atoms with Crippen LogP contribution in [0.3, 0.4) is 0 Å². The summed E-state index contributed by atoms with van der Waals surface area (Å²) < 4.78 is 7.39. The zero-order valence-electron chi connectivity index (χ0n) is 14.6. The number of aliphatic hydroxyl groups excluding tert-OH is 2. The molecule has 148 valence electrons. The Morgan fingerprint density at radius 2 is 2.15 bits per heavy atom. The molecule has 0 bridgehead atoms. The summed E-state index contributed by atoms with van der Waals surface area (Å²) in [6.07, 6.45) is 1.17. The first kappa shape index (κ1) is 19.8. The first-order valence-electron chi connectivity index (χ1n) is 8.29. The molecule has 2 aromatic heterocycles. The molecule has 3 heterocycles. The van der Waals surface area contributed by atoms with Gasteiger partial charge in [0.05, 0.1) is 18.6 Å². The van der Waals surface area contributed by atoms with E-state index in [0.717, 1.165) is 0 Å². The summed E-state index contributed by atoms with van der Waals surface area (Å²) in [6.45, 7) is 0. The third-order valence-electron chi connectivity index (χ3n) is 4.53. The van der Waals surface area contributed by atoms with Gasteiger partial charge >= 0.3 is 0 Å². The zero-order chi connectivity index (χ0) is 19.7. The lowest BCUT2D eigenvalue weighted by Crippen LogP contribution is -2.43. The number of anilines is 1. The number of aliphatic carboxylic acids is 1. The van der Waals surface area contributed by atoms with Crippen LogP contribution in [-0.4, -0.2) is 77.8 Å². The maximum atomic E-state index is 10.7. The van der Waals surface area contributed by atoms with E-state index in [9.17, 15) is 20.1 Å². The molecular weight excluding hydrogens is 376 g/mol. The quantitative estimate of drug-likeness (QED) is 0.345. The van der Waals surface area contributed by atoms with E-state index in [2.05, 4.69) is 15.0 Å². The fourth-order valence-electron chi connectivity index (χ4n) is 2.96. The maximum Gasteiger partial charge on any atom is 0.167 e. The minimum atomic E-state index is -1.28. The second-order valence-electron chi connectivity index (χ2n) is 6.50. The van der Waals surface area contributed by atoms with Crippen LogP contribution in [0.1, 0.15) is 12.6 Å². The summed E-state index contributed by atoms with van der Waals surface area (Å²) in [4.78, 5) is 22.8. The van der Waals surface area contributed by atoms with Gasteiger partial charge in [0.25, 0.3) is 0 Å². The van der Waals surface area contributed by atoms with Crippen LogP contribution >= 0.6 is 0 Å². The van der Waals surface area contributed by atoms with Gasteiger partial charge in [0.1, 0.15) is 41.7 Å². The van der Waals surface area contributed by atoms with Crippen molar-refractivity contribution in [3.05, 3.63) is 12.7 Å². The molecule has 0 radical (unpaired) electrons. The van der Waals surface area contributed by atoms with Crippen molar-refractivity contribution in [2.75, 3.05) is 23.5 Å². The summed E-state index contributed by atoms with van der Waals surface area (Å²) >= 11 is 0. The van der Waals surface area contributed by atoms with Crippen LogP contribution in [0.15, 0.2) is 12.7 Å². The molecule has 0 saturated carbocycles. The highest BCUT2D eigenvalue weighted by Gasteiger charge is 2.46. The molecule has 1 aliphatic rings. The Labute approximate surface area is 157 Å². The fourth-order valence-corrected chi connectivity index (χ4v) is 4.62. The molecule has 2 unspecified atom stereocenters. The molecule has 0 amide bonds. The third kappa shape index (κ3) is 3.99. The van der Waals surface area contributed by atoms with E-state index in [1.807, 2.05) is 6.26 Å². The smallest absolute Gasteiger partial charge is 0.167 e. The second kappa shape index (κ2) is 7.94. The first-order chi connectivity index (χ1) is 12.8. The largest absolute Gasteiger partial charge is 0.548 e. The van der Waals surface area contributed by atoms with Crippen LogP contribution in [-0.2, 0) is 20.4 Å². The number of nitrogen functional groups attached to an aromatic ring is 1. The Hall–Kier alpha value is -1.99. The molecule has 3 rings (SSSR count). The molecule has 1 saturated heterocycles. The van der Waals surface area contributed by atoms with Gasteiger partial charge in [-0.3, -0.25) is 4.57 Å². The van der Waals surface area contributed by atoms with Gasteiger partial charge in [-0.15, -0.1) is 0 Å². The fraction of sp³-hybridized carbons (Fsp3) is 0.600. The van der Waals surface area contributed by atoms with Gasteiger partial charge in [-0.05, 0) is 10.9 Å². The molecule has 6 N–H and O–H groups in total. The number of carboxylic acid groups (broad SMARTS) is 1. The highest BCUT2D eigenvalue weighted by atomic mass is 32.2. The number of aliphatic hydroxyl groups is 2. The molecule has 27 heavy (non-hydrogen) atoms. The van der Waals surface area contributed by atoms with Crippen molar-refractivity contribution in [1.29, 1.82) is 0 Å². The van der Waals surface area contributed by atoms with Crippen LogP contribution in [0, 0.1) is 0 Å². The number of rotatable bonds is 7. The van der Waals surface area contributed by atoms with Crippen molar-refractivity contribution < 1.29 is 24.9 Å². The number of fused-ring (bicyclic) bond motifs is 1. The molecule has 0 aromatic carbocycles. The topological polar surface area (TPSA) is 185 Å². The number of hydrogen-bond acceptors (Lipinski definition) is 10. The number of nitrogens with two attached hydrogens (primary N) is 2. The summed E-state index contributed by atoms with van der Waals surface area (Å²) in [6, 6.07) is -1.02. The lowest BCUT2D eigenvalue weighted by Gasteiger charge is -2.16. The van der Waals surface area contributed by atoms with Crippen LogP contribution in [0.4, 0.5) is 5.82 Å². The minimum absolute atomic E-state index is 0.211. The van der Waals surface area contributed by atoms with Crippen LogP contribution < -0.4 is 16.6 Å². The molecule has 12 heteroatoms.